The van der Waals surface area contributed by atoms with Crippen molar-refractivity contribution in [3.05, 3.63) is 77.5 Å². The van der Waals surface area contributed by atoms with Crippen LogP contribution in [0.4, 0.5) is 8.78 Å². The summed E-state index contributed by atoms with van der Waals surface area (Å²) in [6, 6.07) is 8.56. The van der Waals surface area contributed by atoms with Crippen LogP contribution in [-0.4, -0.2) is 40.5 Å². The number of nitrogens with zero attached hydrogens (tertiary/aromatic N) is 4. The van der Waals surface area contributed by atoms with Crippen molar-refractivity contribution in [1.82, 2.24) is 25.3 Å². The lowest BCUT2D eigenvalue weighted by atomic mass is 10.1. The van der Waals surface area contributed by atoms with Crippen molar-refractivity contribution in [2.45, 2.75) is 36.6 Å². The van der Waals surface area contributed by atoms with Crippen LogP contribution >= 0.6 is 0 Å². The number of pyridine rings is 2. The van der Waals surface area contributed by atoms with Crippen LogP contribution in [0.2, 0.25) is 0 Å². The quantitative estimate of drug-likeness (QED) is 0.396. The monoisotopic (exact) mass is 509 g/mol. The van der Waals surface area contributed by atoms with E-state index in [1.807, 2.05) is 12.1 Å². The van der Waals surface area contributed by atoms with Gasteiger partial charge in [0.25, 0.3) is 12.3 Å². The molecule has 0 atom stereocenters. The molecule has 36 heavy (non-hydrogen) atoms. The fraction of sp³-hybridized carbons (Fsp3) is 0.240. The van der Waals surface area contributed by atoms with Gasteiger partial charge in [0, 0.05) is 41.1 Å². The summed E-state index contributed by atoms with van der Waals surface area (Å²) < 4.78 is 50.3. The maximum Gasteiger partial charge on any atom is 0.265 e. The molecule has 1 aromatic carbocycles. The Bertz CT molecular complexity index is 1590. The number of hydrogen-bond acceptors (Lipinski definition) is 7. The van der Waals surface area contributed by atoms with E-state index in [2.05, 4.69) is 25.3 Å². The van der Waals surface area contributed by atoms with E-state index < -0.39 is 32.6 Å². The van der Waals surface area contributed by atoms with Gasteiger partial charge in [0.05, 0.1) is 40.2 Å². The highest BCUT2D eigenvalue weighted by Crippen LogP contribution is 2.39. The number of carbonyl (C=O) groups is 1. The second kappa shape index (κ2) is 9.30. The zero-order chi connectivity index (χ0) is 25.4. The number of nitrogens with one attached hydrogen (secondary N) is 1. The molecule has 0 saturated heterocycles. The first-order valence-corrected chi connectivity index (χ1v) is 13.1. The Labute approximate surface area is 205 Å². The first-order chi connectivity index (χ1) is 17.2. The predicted octanol–water partition coefficient (Wildman–Crippen LogP) is 4.24. The topological polar surface area (TPSA) is 115 Å². The van der Waals surface area contributed by atoms with Crippen LogP contribution in [0.15, 0.2) is 59.9 Å². The third kappa shape index (κ3) is 5.06. The summed E-state index contributed by atoms with van der Waals surface area (Å²) in [6.07, 6.45) is 5.18. The van der Waals surface area contributed by atoms with Crippen molar-refractivity contribution < 1.29 is 22.0 Å². The number of amides is 1. The van der Waals surface area contributed by atoms with E-state index in [9.17, 15) is 22.0 Å². The molecule has 0 unspecified atom stereocenters. The summed E-state index contributed by atoms with van der Waals surface area (Å²) in [5, 5.41) is 3.45. The molecule has 0 bridgehead atoms. The molecule has 184 valence electrons. The smallest absolute Gasteiger partial charge is 0.265 e. The number of alkyl halides is 2. The molecule has 11 heteroatoms. The van der Waals surface area contributed by atoms with Gasteiger partial charge in [0.15, 0.2) is 9.84 Å². The zero-order valence-electron chi connectivity index (χ0n) is 19.1. The van der Waals surface area contributed by atoms with Gasteiger partial charge in [-0.15, -0.1) is 0 Å². The van der Waals surface area contributed by atoms with E-state index in [1.165, 1.54) is 6.07 Å². The first-order valence-electron chi connectivity index (χ1n) is 11.2. The average molecular weight is 510 g/mol. The number of sulfone groups is 1. The predicted molar refractivity (Wildman–Crippen MR) is 128 cm³/mol. The maximum atomic E-state index is 13.2. The minimum absolute atomic E-state index is 0.0302. The van der Waals surface area contributed by atoms with Crippen molar-refractivity contribution in [2.75, 3.05) is 6.26 Å². The average Bonchev–Trinajstić information content (AvgIpc) is 3.71. The normalized spacial score (nSPS) is 13.8. The zero-order valence-corrected chi connectivity index (χ0v) is 20.0. The lowest BCUT2D eigenvalue weighted by Crippen LogP contribution is -2.23. The minimum Gasteiger partial charge on any atom is -0.346 e. The maximum absolute atomic E-state index is 13.2. The summed E-state index contributed by atoms with van der Waals surface area (Å²) >= 11 is 0. The lowest BCUT2D eigenvalue weighted by molar-refractivity contribution is 0.0949. The number of aromatic nitrogens is 4. The molecule has 1 amide bonds. The molecule has 4 aromatic rings. The SMILES string of the molecule is CS(=O)(=O)c1cc(C(=O)NCc2cc3nc(-c4cncc(C5CC5)n4)ccc3cn2)ccc1C(F)F. The fourth-order valence-electron chi connectivity index (χ4n) is 3.83. The summed E-state index contributed by atoms with van der Waals surface area (Å²) in [5.74, 6) is -0.145. The number of rotatable bonds is 7. The Morgan fingerprint density at radius 1 is 1.06 bits per heavy atom. The highest BCUT2D eigenvalue weighted by Gasteiger charge is 2.26. The van der Waals surface area contributed by atoms with Crippen LogP contribution < -0.4 is 5.32 Å². The van der Waals surface area contributed by atoms with E-state index in [0.717, 1.165) is 42.3 Å². The summed E-state index contributed by atoms with van der Waals surface area (Å²) in [4.78, 5) is 30.0. The number of hydrogen-bond donors (Lipinski definition) is 1. The molecule has 1 saturated carbocycles. The van der Waals surface area contributed by atoms with Crippen molar-refractivity contribution in [3.63, 3.8) is 0 Å². The second-order valence-electron chi connectivity index (χ2n) is 8.68. The largest absolute Gasteiger partial charge is 0.346 e. The van der Waals surface area contributed by atoms with Gasteiger partial charge < -0.3 is 5.32 Å². The van der Waals surface area contributed by atoms with Gasteiger partial charge in [0.1, 0.15) is 5.69 Å². The van der Waals surface area contributed by atoms with E-state index in [-0.39, 0.29) is 12.1 Å². The van der Waals surface area contributed by atoms with Crippen LogP contribution in [0.5, 0.6) is 0 Å². The Balaban J connectivity index is 1.35. The third-order valence-electron chi connectivity index (χ3n) is 5.88. The highest BCUT2D eigenvalue weighted by molar-refractivity contribution is 7.90. The van der Waals surface area contributed by atoms with Crippen LogP contribution in [0.1, 0.15) is 52.5 Å². The molecule has 1 aliphatic carbocycles. The molecule has 1 N–H and O–H groups in total. The van der Waals surface area contributed by atoms with E-state index in [4.69, 9.17) is 0 Å². The van der Waals surface area contributed by atoms with E-state index >= 15 is 0 Å². The van der Waals surface area contributed by atoms with Gasteiger partial charge in [-0.3, -0.25) is 14.8 Å². The van der Waals surface area contributed by atoms with Gasteiger partial charge in [-0.05, 0) is 43.2 Å². The number of benzene rings is 1. The Morgan fingerprint density at radius 2 is 1.86 bits per heavy atom. The minimum atomic E-state index is -3.95. The van der Waals surface area contributed by atoms with Gasteiger partial charge in [-0.2, -0.15) is 0 Å². The number of carbonyl (C=O) groups excluding carboxylic acids is 1. The van der Waals surface area contributed by atoms with Crippen molar-refractivity contribution in [1.29, 1.82) is 0 Å². The van der Waals surface area contributed by atoms with E-state index in [1.54, 1.807) is 24.7 Å². The molecule has 3 heterocycles. The van der Waals surface area contributed by atoms with Crippen molar-refractivity contribution in [3.8, 4) is 11.4 Å². The molecule has 8 nitrogen and oxygen atoms in total. The standard InChI is InChI=1S/C25H21F2N5O3S/c1-36(34,35)23-8-15(4-6-18(23)24(26)27)25(33)30-11-17-9-20-16(10-29-17)5-7-19(31-20)22-13-28-12-21(32-22)14-2-3-14/h4-10,12-14,24H,2-3,11H2,1H3,(H,30,33). The van der Waals surface area contributed by atoms with Gasteiger partial charge in [-0.25, -0.2) is 27.2 Å². The first kappa shape index (κ1) is 23.9. The second-order valence-corrected chi connectivity index (χ2v) is 10.7. The van der Waals surface area contributed by atoms with Crippen LogP contribution in [0, 0.1) is 0 Å². The Morgan fingerprint density at radius 3 is 2.58 bits per heavy atom. The Kier molecular flexibility index (Phi) is 6.17. The Hall–Kier alpha value is -3.86. The molecular weight excluding hydrogens is 488 g/mol. The van der Waals surface area contributed by atoms with Crippen LogP contribution in [0.25, 0.3) is 22.3 Å². The summed E-state index contributed by atoms with van der Waals surface area (Å²) in [6.45, 7) is 0.0302. The van der Waals surface area contributed by atoms with Crippen molar-refractivity contribution >= 4 is 26.6 Å². The number of halogens is 2. The number of fused-ring (bicyclic) bond motifs is 1. The molecule has 5 rings (SSSR count). The van der Waals surface area contributed by atoms with Gasteiger partial charge in [0.2, 0.25) is 0 Å². The van der Waals surface area contributed by atoms with Crippen LogP contribution in [-0.2, 0) is 16.4 Å². The lowest BCUT2D eigenvalue weighted by Gasteiger charge is -2.11. The van der Waals surface area contributed by atoms with Gasteiger partial charge >= 0.3 is 0 Å². The molecule has 1 aliphatic rings. The van der Waals surface area contributed by atoms with Crippen molar-refractivity contribution in [2.24, 2.45) is 0 Å². The van der Waals surface area contributed by atoms with E-state index in [0.29, 0.717) is 28.5 Å². The summed E-state index contributed by atoms with van der Waals surface area (Å²) in [7, 11) is -3.95. The van der Waals surface area contributed by atoms with Gasteiger partial charge in [-0.1, -0.05) is 6.07 Å². The molecule has 0 spiro atoms. The third-order valence-corrected chi connectivity index (χ3v) is 7.03. The molecule has 0 radical (unpaired) electrons. The molecule has 1 fully saturated rings. The van der Waals surface area contributed by atoms with Crippen LogP contribution in [0.3, 0.4) is 0 Å². The highest BCUT2D eigenvalue weighted by atomic mass is 32.2. The fourth-order valence-corrected chi connectivity index (χ4v) is 4.75. The molecule has 0 aliphatic heterocycles. The molecule has 3 aromatic heterocycles. The summed E-state index contributed by atoms with van der Waals surface area (Å²) in [5.41, 5.74) is 2.81. The molecular formula is C25H21F2N5O3S.